The number of aromatic hydroxyl groups is 1. The minimum Gasteiger partial charge on any atom is -0.508 e. The van der Waals surface area contributed by atoms with E-state index in [9.17, 15) is 9.90 Å². The summed E-state index contributed by atoms with van der Waals surface area (Å²) < 4.78 is 0. The van der Waals surface area contributed by atoms with Gasteiger partial charge >= 0.3 is 0 Å². The molecule has 1 aromatic carbocycles. The number of hydrogen-bond acceptors (Lipinski definition) is 4. The summed E-state index contributed by atoms with van der Waals surface area (Å²) >= 11 is 0. The Morgan fingerprint density at radius 2 is 1.93 bits per heavy atom. The SMILES string of the molecule is CN=C(NCc1c(O)ccc2c1CCCC2)N1CCN(CC(=O)NC2CC2)CC1. The van der Waals surface area contributed by atoms with E-state index in [1.807, 2.05) is 6.07 Å². The molecule has 29 heavy (non-hydrogen) atoms. The lowest BCUT2D eigenvalue weighted by atomic mass is 9.88. The van der Waals surface area contributed by atoms with E-state index in [1.54, 1.807) is 7.05 Å². The molecular weight excluding hydrogens is 366 g/mol. The molecule has 1 saturated heterocycles. The number of phenolic OH excluding ortho intramolecular Hbond substituents is 1. The molecule has 1 heterocycles. The Morgan fingerprint density at radius 1 is 1.17 bits per heavy atom. The zero-order chi connectivity index (χ0) is 20.2. The maximum absolute atomic E-state index is 12.0. The van der Waals surface area contributed by atoms with Gasteiger partial charge in [0.05, 0.1) is 6.54 Å². The van der Waals surface area contributed by atoms with Crippen molar-refractivity contribution in [3.63, 3.8) is 0 Å². The van der Waals surface area contributed by atoms with Crippen LogP contribution in [-0.2, 0) is 24.2 Å². The minimum atomic E-state index is 0.146. The first-order chi connectivity index (χ1) is 14.1. The van der Waals surface area contributed by atoms with Gasteiger partial charge in [0.2, 0.25) is 5.91 Å². The predicted octanol–water partition coefficient (Wildman–Crippen LogP) is 1.24. The number of benzene rings is 1. The summed E-state index contributed by atoms with van der Waals surface area (Å²) in [7, 11) is 1.80. The molecule has 0 unspecified atom stereocenters. The summed E-state index contributed by atoms with van der Waals surface area (Å²) in [6.45, 7) is 4.46. The molecule has 7 nitrogen and oxygen atoms in total. The predicted molar refractivity (Wildman–Crippen MR) is 114 cm³/mol. The van der Waals surface area contributed by atoms with Crippen LogP contribution in [0.5, 0.6) is 5.75 Å². The molecule has 2 fully saturated rings. The summed E-state index contributed by atoms with van der Waals surface area (Å²) in [5.41, 5.74) is 3.70. The van der Waals surface area contributed by atoms with Crippen LogP contribution in [0, 0.1) is 0 Å². The number of carbonyl (C=O) groups excluding carboxylic acids is 1. The summed E-state index contributed by atoms with van der Waals surface area (Å²) in [6.07, 6.45) is 6.82. The van der Waals surface area contributed by atoms with E-state index in [2.05, 4.69) is 31.5 Å². The van der Waals surface area contributed by atoms with Gasteiger partial charge in [-0.3, -0.25) is 14.7 Å². The van der Waals surface area contributed by atoms with Crippen LogP contribution in [0.2, 0.25) is 0 Å². The highest BCUT2D eigenvalue weighted by molar-refractivity contribution is 5.80. The Labute approximate surface area is 173 Å². The lowest BCUT2D eigenvalue weighted by molar-refractivity contribution is -0.122. The lowest BCUT2D eigenvalue weighted by Gasteiger charge is -2.36. The molecular formula is C22H33N5O2. The molecule has 3 N–H and O–H groups in total. The second kappa shape index (κ2) is 9.03. The number of nitrogens with one attached hydrogen (secondary N) is 2. The van der Waals surface area contributed by atoms with Gasteiger partial charge in [-0.1, -0.05) is 6.07 Å². The maximum atomic E-state index is 12.0. The van der Waals surface area contributed by atoms with Crippen LogP contribution >= 0.6 is 0 Å². The smallest absolute Gasteiger partial charge is 0.234 e. The van der Waals surface area contributed by atoms with Gasteiger partial charge in [0.1, 0.15) is 5.75 Å². The number of fused-ring (bicyclic) bond motifs is 1. The molecule has 0 spiro atoms. The monoisotopic (exact) mass is 399 g/mol. The first-order valence-corrected chi connectivity index (χ1v) is 10.9. The summed E-state index contributed by atoms with van der Waals surface area (Å²) in [4.78, 5) is 20.9. The third-order valence-electron chi connectivity index (χ3n) is 6.24. The molecule has 0 bridgehead atoms. The molecule has 1 aliphatic heterocycles. The van der Waals surface area contributed by atoms with Gasteiger partial charge in [0.15, 0.2) is 5.96 Å². The number of piperazine rings is 1. The largest absolute Gasteiger partial charge is 0.508 e. The molecule has 1 saturated carbocycles. The number of aryl methyl sites for hydroxylation is 1. The zero-order valence-corrected chi connectivity index (χ0v) is 17.4. The normalized spacial score (nSPS) is 20.3. The average Bonchev–Trinajstić information content (AvgIpc) is 3.54. The Balaban J connectivity index is 1.30. The number of nitrogens with zero attached hydrogens (tertiary/aromatic N) is 3. The van der Waals surface area contributed by atoms with Gasteiger partial charge < -0.3 is 20.6 Å². The number of guanidine groups is 1. The van der Waals surface area contributed by atoms with E-state index in [0.29, 0.717) is 24.9 Å². The van der Waals surface area contributed by atoms with Crippen molar-refractivity contribution in [2.75, 3.05) is 39.8 Å². The van der Waals surface area contributed by atoms with Crippen molar-refractivity contribution in [3.8, 4) is 5.75 Å². The van der Waals surface area contributed by atoms with E-state index in [4.69, 9.17) is 0 Å². The van der Waals surface area contributed by atoms with E-state index in [-0.39, 0.29) is 5.91 Å². The Bertz CT molecular complexity index is 767. The van der Waals surface area contributed by atoms with Crippen molar-refractivity contribution in [1.82, 2.24) is 20.4 Å². The van der Waals surface area contributed by atoms with Crippen molar-refractivity contribution in [2.24, 2.45) is 4.99 Å². The van der Waals surface area contributed by atoms with Crippen LogP contribution in [0.1, 0.15) is 42.4 Å². The highest BCUT2D eigenvalue weighted by Gasteiger charge is 2.26. The molecule has 2 aliphatic carbocycles. The average molecular weight is 400 g/mol. The second-order valence-corrected chi connectivity index (χ2v) is 8.41. The standard InChI is InChI=1S/C22H33N5O2/c1-23-22(24-14-19-18-5-3-2-4-16(18)6-9-20(19)28)27-12-10-26(11-13-27)15-21(29)25-17-7-8-17/h6,9,17,28H,2-5,7-8,10-15H2,1H3,(H,23,24)(H,25,29). The molecule has 3 aliphatic rings. The Morgan fingerprint density at radius 3 is 2.66 bits per heavy atom. The van der Waals surface area contributed by atoms with Gasteiger partial charge in [-0.25, -0.2) is 0 Å². The van der Waals surface area contributed by atoms with Crippen LogP contribution in [0.4, 0.5) is 0 Å². The molecule has 158 valence electrons. The quantitative estimate of drug-likeness (QED) is 0.513. The molecule has 0 radical (unpaired) electrons. The molecule has 1 amide bonds. The Hall–Kier alpha value is -2.28. The topological polar surface area (TPSA) is 80.2 Å². The molecule has 4 rings (SSSR count). The third kappa shape index (κ3) is 5.01. The van der Waals surface area contributed by atoms with Crippen LogP contribution in [0.25, 0.3) is 0 Å². The number of amides is 1. The maximum Gasteiger partial charge on any atom is 0.234 e. The van der Waals surface area contributed by atoms with Crippen LogP contribution in [-0.4, -0.2) is 72.6 Å². The van der Waals surface area contributed by atoms with E-state index < -0.39 is 0 Å². The highest BCUT2D eigenvalue weighted by Crippen LogP contribution is 2.30. The first kappa shape index (κ1) is 20.0. The fraction of sp³-hybridized carbons (Fsp3) is 0.636. The van der Waals surface area contributed by atoms with Gasteiger partial charge in [0, 0.05) is 51.4 Å². The molecule has 7 heteroatoms. The fourth-order valence-corrected chi connectivity index (χ4v) is 4.41. The minimum absolute atomic E-state index is 0.146. The third-order valence-corrected chi connectivity index (χ3v) is 6.24. The van der Waals surface area contributed by atoms with Crippen molar-refractivity contribution < 1.29 is 9.90 Å². The lowest BCUT2D eigenvalue weighted by Crippen LogP contribution is -2.54. The highest BCUT2D eigenvalue weighted by atomic mass is 16.3. The number of hydrogen-bond donors (Lipinski definition) is 3. The number of phenols is 1. The van der Waals surface area contributed by atoms with Crippen LogP contribution in [0.15, 0.2) is 17.1 Å². The Kier molecular flexibility index (Phi) is 6.23. The van der Waals surface area contributed by atoms with Crippen molar-refractivity contribution in [2.45, 2.75) is 51.1 Å². The van der Waals surface area contributed by atoms with Gasteiger partial charge in [-0.15, -0.1) is 0 Å². The first-order valence-electron chi connectivity index (χ1n) is 10.9. The van der Waals surface area contributed by atoms with Crippen LogP contribution in [0.3, 0.4) is 0 Å². The van der Waals surface area contributed by atoms with Gasteiger partial charge in [-0.05, 0) is 55.7 Å². The van der Waals surface area contributed by atoms with Gasteiger partial charge in [-0.2, -0.15) is 0 Å². The van der Waals surface area contributed by atoms with Crippen molar-refractivity contribution >= 4 is 11.9 Å². The number of aliphatic imine (C=N–C) groups is 1. The van der Waals surface area contributed by atoms with E-state index >= 15 is 0 Å². The van der Waals surface area contributed by atoms with E-state index in [1.165, 1.54) is 24.0 Å². The molecule has 0 aromatic heterocycles. The number of carbonyl (C=O) groups is 1. The second-order valence-electron chi connectivity index (χ2n) is 8.41. The summed E-state index contributed by atoms with van der Waals surface area (Å²) in [5.74, 6) is 1.38. The fourth-order valence-electron chi connectivity index (χ4n) is 4.41. The molecule has 0 atom stereocenters. The summed E-state index contributed by atoms with van der Waals surface area (Å²) in [5, 5.41) is 16.9. The van der Waals surface area contributed by atoms with Crippen molar-refractivity contribution in [3.05, 3.63) is 28.8 Å². The summed E-state index contributed by atoms with van der Waals surface area (Å²) in [6, 6.07) is 4.32. The zero-order valence-electron chi connectivity index (χ0n) is 17.4. The van der Waals surface area contributed by atoms with E-state index in [0.717, 1.165) is 63.4 Å². The number of rotatable bonds is 5. The van der Waals surface area contributed by atoms with Crippen molar-refractivity contribution in [1.29, 1.82) is 0 Å². The van der Waals surface area contributed by atoms with Gasteiger partial charge in [0.25, 0.3) is 0 Å². The molecule has 1 aromatic rings. The van der Waals surface area contributed by atoms with Crippen LogP contribution < -0.4 is 10.6 Å².